The van der Waals surface area contributed by atoms with Gasteiger partial charge in [-0.05, 0) is 6.07 Å². The molecule has 0 unspecified atom stereocenters. The van der Waals surface area contributed by atoms with E-state index in [0.29, 0.717) is 0 Å². The fourth-order valence-corrected chi connectivity index (χ4v) is 1.19. The average Bonchev–Trinajstić information content (AvgIpc) is 2.04. The summed E-state index contributed by atoms with van der Waals surface area (Å²) in [4.78, 5) is 10.3. The van der Waals surface area contributed by atoms with Crippen LogP contribution in [0.4, 0.5) is 4.39 Å². The number of benzene rings is 1. The first-order valence-corrected chi connectivity index (χ1v) is 3.75. The monoisotopic (exact) mass is 202 g/mol. The van der Waals surface area contributed by atoms with Gasteiger partial charge >= 0.3 is 7.12 Å². The molecule has 1 aromatic carbocycles. The van der Waals surface area contributed by atoms with Crippen molar-refractivity contribution in [2.75, 3.05) is 0 Å². The predicted molar refractivity (Wildman–Crippen MR) is 46.6 cm³/mol. The van der Waals surface area contributed by atoms with Gasteiger partial charge in [0.1, 0.15) is 5.82 Å². The number of carbonyl (C=O) groups is 1. The fourth-order valence-electron chi connectivity index (χ4n) is 0.894. The largest absolute Gasteiger partial charge is 0.489 e. The van der Waals surface area contributed by atoms with Gasteiger partial charge in [0, 0.05) is 5.46 Å². The lowest BCUT2D eigenvalue weighted by molar-refractivity contribution is 0.112. The Balaban J connectivity index is 3.35. The number of hydrogen-bond donors (Lipinski definition) is 2. The molecular weight excluding hydrogens is 197 g/mol. The summed E-state index contributed by atoms with van der Waals surface area (Å²) >= 11 is 5.52. The van der Waals surface area contributed by atoms with E-state index in [9.17, 15) is 9.18 Å². The summed E-state index contributed by atoms with van der Waals surface area (Å²) in [6, 6.07) is 2.06. The number of carbonyl (C=O) groups excluding carboxylic acids is 1. The molecule has 0 amide bonds. The third-order valence-electron chi connectivity index (χ3n) is 1.55. The Labute approximate surface area is 78.9 Å². The van der Waals surface area contributed by atoms with Crippen LogP contribution in [0.5, 0.6) is 0 Å². The molecule has 0 aromatic heterocycles. The third kappa shape index (κ3) is 1.88. The van der Waals surface area contributed by atoms with Crippen molar-refractivity contribution in [3.8, 4) is 0 Å². The first-order chi connectivity index (χ1) is 6.07. The molecule has 0 fully saturated rings. The minimum Gasteiger partial charge on any atom is -0.423 e. The summed E-state index contributed by atoms with van der Waals surface area (Å²) < 4.78 is 12.8. The summed E-state index contributed by atoms with van der Waals surface area (Å²) in [6.07, 6.45) is 0.226. The Morgan fingerprint density at radius 3 is 2.54 bits per heavy atom. The zero-order valence-electron chi connectivity index (χ0n) is 6.37. The second kappa shape index (κ2) is 3.87. The molecule has 1 aromatic rings. The molecule has 68 valence electrons. The molecule has 0 saturated heterocycles. The van der Waals surface area contributed by atoms with Gasteiger partial charge in [-0.3, -0.25) is 4.79 Å². The van der Waals surface area contributed by atoms with Crippen LogP contribution in [0.25, 0.3) is 0 Å². The minimum absolute atomic E-state index is 0.0924. The van der Waals surface area contributed by atoms with Crippen LogP contribution in [-0.4, -0.2) is 23.5 Å². The van der Waals surface area contributed by atoms with Crippen LogP contribution >= 0.6 is 11.6 Å². The van der Waals surface area contributed by atoms with Crippen LogP contribution < -0.4 is 5.46 Å². The zero-order valence-corrected chi connectivity index (χ0v) is 7.12. The van der Waals surface area contributed by atoms with Gasteiger partial charge in [-0.15, -0.1) is 0 Å². The highest BCUT2D eigenvalue weighted by Gasteiger charge is 2.19. The molecule has 3 nitrogen and oxygen atoms in total. The minimum atomic E-state index is -1.81. The van der Waals surface area contributed by atoms with E-state index in [1.54, 1.807) is 0 Å². The molecule has 13 heavy (non-hydrogen) atoms. The van der Waals surface area contributed by atoms with E-state index in [1.807, 2.05) is 0 Å². The van der Waals surface area contributed by atoms with Gasteiger partial charge in [0.2, 0.25) is 0 Å². The Morgan fingerprint density at radius 1 is 1.46 bits per heavy atom. The molecule has 6 heteroatoms. The van der Waals surface area contributed by atoms with Crippen LogP contribution in [0.1, 0.15) is 10.4 Å². The Bertz CT molecular complexity index is 343. The van der Waals surface area contributed by atoms with Crippen molar-refractivity contribution in [3.05, 3.63) is 28.5 Å². The predicted octanol–water partition coefficient (Wildman–Crippen LogP) is -0.0286. The van der Waals surface area contributed by atoms with E-state index in [2.05, 4.69) is 0 Å². The second-order valence-corrected chi connectivity index (χ2v) is 2.73. The first-order valence-electron chi connectivity index (χ1n) is 3.37. The van der Waals surface area contributed by atoms with Gasteiger partial charge in [-0.2, -0.15) is 0 Å². The molecule has 0 aliphatic heterocycles. The molecule has 0 bridgehead atoms. The quantitative estimate of drug-likeness (QED) is 0.523. The zero-order chi connectivity index (χ0) is 10.0. The van der Waals surface area contributed by atoms with Crippen molar-refractivity contribution in [3.63, 3.8) is 0 Å². The number of aldehydes is 1. The highest BCUT2D eigenvalue weighted by Crippen LogP contribution is 2.15. The van der Waals surface area contributed by atoms with E-state index in [4.69, 9.17) is 21.6 Å². The Kier molecular flexibility index (Phi) is 3.03. The van der Waals surface area contributed by atoms with E-state index in [1.165, 1.54) is 0 Å². The van der Waals surface area contributed by atoms with Gasteiger partial charge in [-0.1, -0.05) is 17.7 Å². The second-order valence-electron chi connectivity index (χ2n) is 2.36. The summed E-state index contributed by atoms with van der Waals surface area (Å²) in [5.41, 5.74) is -0.461. The summed E-state index contributed by atoms with van der Waals surface area (Å²) in [6.45, 7) is 0. The van der Waals surface area contributed by atoms with Crippen LogP contribution in [0, 0.1) is 5.82 Å². The fraction of sp³-hybridized carbons (Fsp3) is 0. The van der Waals surface area contributed by atoms with Gasteiger partial charge in [0.05, 0.1) is 10.6 Å². The lowest BCUT2D eigenvalue weighted by Gasteiger charge is -2.04. The standard InChI is InChI=1S/C7H5BClFO3/c9-7-4(3-11)6(10)2-1-5(7)8(12)13/h1-3,12-13H. The van der Waals surface area contributed by atoms with Crippen molar-refractivity contribution < 1.29 is 19.2 Å². The summed E-state index contributed by atoms with van der Waals surface area (Å²) in [5.74, 6) is -0.788. The van der Waals surface area contributed by atoms with Gasteiger partial charge < -0.3 is 10.0 Å². The summed E-state index contributed by atoms with van der Waals surface area (Å²) in [7, 11) is -1.81. The molecule has 1 rings (SSSR count). The Hall–Kier alpha value is -0.905. The molecule has 0 radical (unpaired) electrons. The van der Waals surface area contributed by atoms with Crippen LogP contribution in [0.15, 0.2) is 12.1 Å². The lowest BCUT2D eigenvalue weighted by Crippen LogP contribution is -2.31. The molecule has 0 atom stereocenters. The van der Waals surface area contributed by atoms with E-state index in [0.717, 1.165) is 12.1 Å². The van der Waals surface area contributed by atoms with E-state index < -0.39 is 12.9 Å². The average molecular weight is 202 g/mol. The maximum absolute atomic E-state index is 12.8. The normalized spacial score (nSPS) is 9.85. The maximum atomic E-state index is 12.8. The van der Waals surface area contributed by atoms with Crippen molar-refractivity contribution in [1.29, 1.82) is 0 Å². The van der Waals surface area contributed by atoms with Gasteiger partial charge in [0.25, 0.3) is 0 Å². The van der Waals surface area contributed by atoms with E-state index >= 15 is 0 Å². The molecule has 0 spiro atoms. The molecule has 0 aliphatic rings. The number of rotatable bonds is 2. The SMILES string of the molecule is O=Cc1c(F)ccc(B(O)O)c1Cl. The van der Waals surface area contributed by atoms with Crippen LogP contribution in [0.2, 0.25) is 5.02 Å². The molecule has 0 saturated carbocycles. The van der Waals surface area contributed by atoms with E-state index in [-0.39, 0.29) is 22.3 Å². The van der Waals surface area contributed by atoms with Crippen molar-refractivity contribution in [2.45, 2.75) is 0 Å². The molecule has 0 aliphatic carbocycles. The lowest BCUT2D eigenvalue weighted by atomic mass is 9.79. The van der Waals surface area contributed by atoms with Gasteiger partial charge in [-0.25, -0.2) is 4.39 Å². The summed E-state index contributed by atoms with van der Waals surface area (Å²) in [5, 5.41) is 17.2. The number of hydrogen-bond acceptors (Lipinski definition) is 3. The van der Waals surface area contributed by atoms with Crippen molar-refractivity contribution in [1.82, 2.24) is 0 Å². The molecule has 2 N–H and O–H groups in total. The van der Waals surface area contributed by atoms with Crippen LogP contribution in [0.3, 0.4) is 0 Å². The maximum Gasteiger partial charge on any atom is 0.489 e. The smallest absolute Gasteiger partial charge is 0.423 e. The van der Waals surface area contributed by atoms with Crippen LogP contribution in [-0.2, 0) is 0 Å². The highest BCUT2D eigenvalue weighted by molar-refractivity contribution is 6.63. The number of halogens is 2. The topological polar surface area (TPSA) is 57.5 Å². The van der Waals surface area contributed by atoms with Crippen molar-refractivity contribution >= 4 is 30.5 Å². The first kappa shape index (κ1) is 10.2. The Morgan fingerprint density at radius 2 is 2.08 bits per heavy atom. The van der Waals surface area contributed by atoms with Crippen molar-refractivity contribution in [2.24, 2.45) is 0 Å². The molecule has 0 heterocycles. The molecular formula is C7H5BClFO3. The third-order valence-corrected chi connectivity index (χ3v) is 1.97. The van der Waals surface area contributed by atoms with Gasteiger partial charge in [0.15, 0.2) is 6.29 Å². The highest BCUT2D eigenvalue weighted by atomic mass is 35.5.